The molecule has 1 saturated carbocycles. The first-order chi connectivity index (χ1) is 35.3. The fraction of sp³-hybridized carbons (Fsp3) is 0.534. The van der Waals surface area contributed by atoms with Crippen molar-refractivity contribution in [2.24, 2.45) is 23.2 Å². The molecule has 2 aromatic heterocycles. The van der Waals surface area contributed by atoms with E-state index in [0.717, 1.165) is 78.0 Å². The number of terminal acetylenes is 1. The lowest BCUT2D eigenvalue weighted by molar-refractivity contribution is -0.137. The van der Waals surface area contributed by atoms with Crippen LogP contribution in [-0.4, -0.2) is 140 Å². The zero-order chi connectivity index (χ0) is 50.8. The minimum Gasteiger partial charge on any atom is -0.508 e. The van der Waals surface area contributed by atoms with E-state index in [2.05, 4.69) is 68.3 Å². The first-order valence-electron chi connectivity index (χ1n) is 26.8. The monoisotopic (exact) mass is 994 g/mol. The van der Waals surface area contributed by atoms with Crippen LogP contribution in [0.1, 0.15) is 82.4 Å². The topological polar surface area (TPSA) is 149 Å². The zero-order valence-corrected chi connectivity index (χ0v) is 43.1. The Morgan fingerprint density at radius 2 is 1.79 bits per heavy atom. The molecule has 15 heteroatoms. The maximum absolute atomic E-state index is 17.2. The quantitative estimate of drug-likeness (QED) is 0.0560. The number of carbonyl (C=O) groups is 2. The minimum absolute atomic E-state index is 0.0111. The van der Waals surface area contributed by atoms with E-state index in [4.69, 9.17) is 25.9 Å². The van der Waals surface area contributed by atoms with Crippen molar-refractivity contribution in [3.05, 3.63) is 77.2 Å². The number of piperazine rings is 1. The molecule has 2 amide bonds. The van der Waals surface area contributed by atoms with Crippen molar-refractivity contribution in [2.45, 2.75) is 90.6 Å². The van der Waals surface area contributed by atoms with E-state index in [1.54, 1.807) is 18.3 Å². The third-order valence-corrected chi connectivity index (χ3v) is 16.3. The van der Waals surface area contributed by atoms with Gasteiger partial charge in [-0.05, 0) is 137 Å². The molecule has 5 heterocycles. The molecular weight excluding hydrogens is 922 g/mol. The summed E-state index contributed by atoms with van der Waals surface area (Å²) in [6.07, 6.45) is 16.2. The number of aromatic nitrogens is 3. The van der Waals surface area contributed by atoms with Gasteiger partial charge in [0.1, 0.15) is 22.8 Å². The van der Waals surface area contributed by atoms with E-state index in [0.29, 0.717) is 78.2 Å². The third kappa shape index (κ3) is 11.4. The highest BCUT2D eigenvalue weighted by atomic mass is 19.1. The van der Waals surface area contributed by atoms with Crippen molar-refractivity contribution >= 4 is 45.0 Å². The van der Waals surface area contributed by atoms with E-state index in [9.17, 15) is 14.7 Å². The number of phenols is 1. The van der Waals surface area contributed by atoms with Crippen LogP contribution >= 0.6 is 0 Å². The highest BCUT2D eigenvalue weighted by molar-refractivity contribution is 6.03. The number of pyridine rings is 1. The number of benzene rings is 3. The number of amides is 2. The number of ether oxygens (including phenoxy) is 2. The van der Waals surface area contributed by atoms with Crippen LogP contribution < -0.4 is 25.2 Å². The van der Waals surface area contributed by atoms with Crippen molar-refractivity contribution < 1.29 is 28.6 Å². The number of fused-ring (bicyclic) bond motifs is 3. The fourth-order valence-corrected chi connectivity index (χ4v) is 12.1. The molecule has 4 fully saturated rings. The van der Waals surface area contributed by atoms with Crippen LogP contribution in [0.15, 0.2) is 54.7 Å². The molecule has 10 rings (SSSR count). The van der Waals surface area contributed by atoms with Gasteiger partial charge in [0.2, 0.25) is 11.8 Å². The van der Waals surface area contributed by atoms with Gasteiger partial charge in [0.25, 0.3) is 0 Å². The summed E-state index contributed by atoms with van der Waals surface area (Å²) < 4.78 is 29.6. The number of hydrogen-bond donors (Lipinski definition) is 3. The van der Waals surface area contributed by atoms with Gasteiger partial charge in [-0.25, -0.2) is 4.39 Å². The average molecular weight is 994 g/mol. The molecule has 14 nitrogen and oxygen atoms in total. The molecule has 0 bridgehead atoms. The molecule has 3 saturated heterocycles. The predicted octanol–water partition coefficient (Wildman–Crippen LogP) is 7.36. The molecule has 0 spiro atoms. The second kappa shape index (κ2) is 21.9. The summed E-state index contributed by atoms with van der Waals surface area (Å²) in [5.74, 6) is 3.25. The smallest absolute Gasteiger partial charge is 0.319 e. The molecule has 3 atom stereocenters. The van der Waals surface area contributed by atoms with Gasteiger partial charge in [-0.1, -0.05) is 38.0 Å². The van der Waals surface area contributed by atoms with Gasteiger partial charge >= 0.3 is 6.01 Å². The van der Waals surface area contributed by atoms with Gasteiger partial charge in [0.05, 0.1) is 18.6 Å². The maximum Gasteiger partial charge on any atom is 0.319 e. The molecule has 3 N–H and O–H groups in total. The molecule has 3 aliphatic heterocycles. The lowest BCUT2D eigenvalue weighted by Gasteiger charge is -2.38. The molecule has 2 aliphatic carbocycles. The van der Waals surface area contributed by atoms with E-state index >= 15 is 4.39 Å². The van der Waals surface area contributed by atoms with Crippen LogP contribution in [0.4, 0.5) is 15.9 Å². The van der Waals surface area contributed by atoms with E-state index < -0.39 is 5.82 Å². The summed E-state index contributed by atoms with van der Waals surface area (Å²) in [7, 11) is 1.94. The number of phenolic OH excluding ortho intramolecular Hbond substituents is 1. The normalized spacial score (nSPS) is 20.9. The van der Waals surface area contributed by atoms with Crippen LogP contribution in [0.5, 0.6) is 11.8 Å². The SMILES string of the molecule is C#Cc1cccc2cc(O)cc(-c3ncc4c(N(C)CC(COCC)NC(C)C)nc(OCC5(CN6CCC(CCN7CCN(c8ccc9c(c8)CC(C8CCC(=O)NC8=O)C9)CC7)CC6)CC5)nc4c3F)c12. The molecule has 0 radical (unpaired) electrons. The number of carbonyl (C=O) groups excluding carboxylic acids is 2. The molecule has 3 unspecified atom stereocenters. The van der Waals surface area contributed by atoms with Gasteiger partial charge in [0.15, 0.2) is 5.82 Å². The van der Waals surface area contributed by atoms with Crippen molar-refractivity contribution in [3.8, 4) is 35.4 Å². The molecule has 5 aliphatic rings. The third-order valence-electron chi connectivity index (χ3n) is 16.3. The Morgan fingerprint density at radius 1 is 1.00 bits per heavy atom. The Balaban J connectivity index is 0.754. The van der Waals surface area contributed by atoms with Gasteiger partial charge in [0, 0.05) is 111 Å². The number of halogens is 1. The Hall–Kier alpha value is -5.92. The van der Waals surface area contributed by atoms with Crippen molar-refractivity contribution in [1.82, 2.24) is 35.4 Å². The highest BCUT2D eigenvalue weighted by Gasteiger charge is 2.45. The Bertz CT molecular complexity index is 2870. The number of piperidine rings is 2. The van der Waals surface area contributed by atoms with E-state index in [-0.39, 0.29) is 64.1 Å². The van der Waals surface area contributed by atoms with Crippen LogP contribution in [0, 0.1) is 41.3 Å². The molecule has 3 aromatic carbocycles. The largest absolute Gasteiger partial charge is 0.508 e. The highest BCUT2D eigenvalue weighted by Crippen LogP contribution is 2.47. The number of imide groups is 1. The molecule has 5 aromatic rings. The fourth-order valence-electron chi connectivity index (χ4n) is 12.1. The summed E-state index contributed by atoms with van der Waals surface area (Å²) in [6.45, 7) is 16.6. The predicted molar refractivity (Wildman–Crippen MR) is 284 cm³/mol. The number of nitrogens with zero attached hydrogens (tertiary/aromatic N) is 7. The summed E-state index contributed by atoms with van der Waals surface area (Å²) in [4.78, 5) is 48.5. The van der Waals surface area contributed by atoms with Crippen LogP contribution in [0.2, 0.25) is 0 Å². The lowest BCUT2D eigenvalue weighted by atomic mass is 9.83. The number of likely N-dealkylation sites (tertiary alicyclic amines) is 1. The zero-order valence-electron chi connectivity index (χ0n) is 43.1. The number of nitrogens with one attached hydrogen (secondary N) is 2. The standard InChI is InChI=1S/C58H72FN9O5/c1-6-39-9-8-10-41-30-46(69)31-48(51(39)41)53-52(59)54-49(32-60-53)55(65(5)33-44(34-72-7-2)61-37(3)4)64-57(63-54)73-36-58(18-19-58)35-67-21-16-38(17-22-67)15-20-66-23-25-68(26-24-66)45-12-11-40-27-43(28-42(40)29-45)47-13-14-50(70)62-56(47)71/h1,8-12,29-32,37-38,43-44,47,61,69H,7,13-28,33-36H2,2-5H3,(H,62,70,71). The van der Waals surface area contributed by atoms with Gasteiger partial charge in [-0.3, -0.25) is 24.8 Å². The number of hydrogen-bond acceptors (Lipinski definition) is 13. The Labute approximate surface area is 429 Å². The summed E-state index contributed by atoms with van der Waals surface area (Å²) >= 11 is 0. The molecule has 386 valence electrons. The van der Waals surface area contributed by atoms with Crippen LogP contribution in [-0.2, 0) is 27.2 Å². The number of likely N-dealkylation sites (N-methyl/N-ethyl adjacent to an activating group) is 1. The second-order valence-electron chi connectivity index (χ2n) is 21.9. The first kappa shape index (κ1) is 50.6. The van der Waals surface area contributed by atoms with Crippen LogP contribution in [0.25, 0.3) is 32.9 Å². The van der Waals surface area contributed by atoms with E-state index in [1.807, 2.05) is 31.0 Å². The second-order valence-corrected chi connectivity index (χ2v) is 21.9. The van der Waals surface area contributed by atoms with Crippen molar-refractivity contribution in [3.63, 3.8) is 0 Å². The van der Waals surface area contributed by atoms with Gasteiger partial charge in [-0.2, -0.15) is 9.97 Å². The minimum atomic E-state index is -0.644. The number of aromatic hydroxyl groups is 1. The molecular formula is C58H72FN9O5. The lowest BCUT2D eigenvalue weighted by Crippen LogP contribution is -2.47. The average Bonchev–Trinajstić information content (AvgIpc) is 4.02. The Morgan fingerprint density at radius 3 is 2.53 bits per heavy atom. The summed E-state index contributed by atoms with van der Waals surface area (Å²) in [5.41, 5.74) is 5.06. The summed E-state index contributed by atoms with van der Waals surface area (Å²) in [5, 5.41) is 18.7. The summed E-state index contributed by atoms with van der Waals surface area (Å²) in [6, 6.07) is 15.8. The number of anilines is 2. The maximum atomic E-state index is 17.2. The van der Waals surface area contributed by atoms with Gasteiger partial charge < -0.3 is 34.6 Å². The number of rotatable bonds is 19. The van der Waals surface area contributed by atoms with Crippen LogP contribution in [0.3, 0.4) is 0 Å². The van der Waals surface area contributed by atoms with E-state index in [1.165, 1.54) is 42.1 Å². The molecule has 73 heavy (non-hydrogen) atoms. The van der Waals surface area contributed by atoms with Crippen molar-refractivity contribution in [2.75, 3.05) is 95.6 Å². The first-order valence-corrected chi connectivity index (χ1v) is 26.8. The van der Waals surface area contributed by atoms with Gasteiger partial charge in [-0.15, -0.1) is 6.42 Å². The Kier molecular flexibility index (Phi) is 15.2. The van der Waals surface area contributed by atoms with Crippen molar-refractivity contribution in [1.29, 1.82) is 0 Å².